The molecule has 102 valence electrons. The summed E-state index contributed by atoms with van der Waals surface area (Å²) in [5.74, 6) is 0.532. The molecular formula is C13H17ClN4O. The lowest BCUT2D eigenvalue weighted by atomic mass is 10.2. The normalized spacial score (nSPS) is 12.7. The molecule has 1 aromatic heterocycles. The molecule has 2 aromatic rings. The molecule has 0 fully saturated rings. The lowest BCUT2D eigenvalue weighted by Gasteiger charge is -2.24. The molecule has 19 heavy (non-hydrogen) atoms. The predicted octanol–water partition coefficient (Wildman–Crippen LogP) is 1.66. The quantitative estimate of drug-likeness (QED) is 0.929. The SMILES string of the molecule is CCN(C)n1c([C@H](C)N)nc2cccc(Cl)c2c1=O. The zero-order valence-electron chi connectivity index (χ0n) is 11.2. The Hall–Kier alpha value is -1.59. The molecule has 5 nitrogen and oxygen atoms in total. The largest absolute Gasteiger partial charge is 0.322 e. The molecule has 2 N–H and O–H groups in total. The van der Waals surface area contributed by atoms with Gasteiger partial charge in [0.25, 0.3) is 5.56 Å². The van der Waals surface area contributed by atoms with Gasteiger partial charge < -0.3 is 10.7 Å². The number of hydrogen-bond donors (Lipinski definition) is 1. The van der Waals surface area contributed by atoms with E-state index in [1.165, 1.54) is 4.68 Å². The second kappa shape index (κ2) is 5.19. The molecular weight excluding hydrogens is 264 g/mol. The topological polar surface area (TPSA) is 64.2 Å². The van der Waals surface area contributed by atoms with Gasteiger partial charge in [-0.25, -0.2) is 9.66 Å². The number of benzene rings is 1. The van der Waals surface area contributed by atoms with Crippen LogP contribution in [0.25, 0.3) is 10.9 Å². The third-order valence-corrected chi connectivity index (χ3v) is 3.37. The lowest BCUT2D eigenvalue weighted by Crippen LogP contribution is -2.43. The predicted molar refractivity (Wildman–Crippen MR) is 78.3 cm³/mol. The van der Waals surface area contributed by atoms with Crippen LogP contribution in [0.3, 0.4) is 0 Å². The van der Waals surface area contributed by atoms with Gasteiger partial charge in [-0.1, -0.05) is 17.7 Å². The summed E-state index contributed by atoms with van der Waals surface area (Å²) < 4.78 is 1.50. The monoisotopic (exact) mass is 280 g/mol. The van der Waals surface area contributed by atoms with Crippen molar-refractivity contribution in [3.05, 3.63) is 39.4 Å². The van der Waals surface area contributed by atoms with Crippen LogP contribution in [0.4, 0.5) is 0 Å². The van der Waals surface area contributed by atoms with Crippen LogP contribution in [-0.2, 0) is 0 Å². The van der Waals surface area contributed by atoms with E-state index in [9.17, 15) is 4.79 Å². The number of hydrogen-bond acceptors (Lipinski definition) is 4. The summed E-state index contributed by atoms with van der Waals surface area (Å²) in [5.41, 5.74) is 6.31. The van der Waals surface area contributed by atoms with Gasteiger partial charge in [-0.3, -0.25) is 4.79 Å². The van der Waals surface area contributed by atoms with Crippen LogP contribution < -0.4 is 16.3 Å². The summed E-state index contributed by atoms with van der Waals surface area (Å²) in [7, 11) is 1.82. The van der Waals surface area contributed by atoms with Gasteiger partial charge in [-0.05, 0) is 26.0 Å². The fraction of sp³-hybridized carbons (Fsp3) is 0.385. The van der Waals surface area contributed by atoms with Crippen molar-refractivity contribution in [2.45, 2.75) is 19.9 Å². The van der Waals surface area contributed by atoms with E-state index in [1.807, 2.05) is 14.0 Å². The van der Waals surface area contributed by atoms with Gasteiger partial charge in [0.15, 0.2) is 0 Å². The van der Waals surface area contributed by atoms with Crippen LogP contribution in [0.15, 0.2) is 23.0 Å². The first kappa shape index (κ1) is 13.8. The molecule has 0 spiro atoms. The minimum absolute atomic E-state index is 0.188. The molecule has 0 saturated heterocycles. The van der Waals surface area contributed by atoms with Gasteiger partial charge in [-0.15, -0.1) is 0 Å². The molecule has 1 heterocycles. The fourth-order valence-electron chi connectivity index (χ4n) is 1.96. The van der Waals surface area contributed by atoms with Crippen LogP contribution in [0.5, 0.6) is 0 Å². The van der Waals surface area contributed by atoms with Crippen molar-refractivity contribution >= 4 is 22.5 Å². The Morgan fingerprint density at radius 2 is 2.21 bits per heavy atom. The van der Waals surface area contributed by atoms with Crippen molar-refractivity contribution in [3.63, 3.8) is 0 Å². The summed E-state index contributed by atoms with van der Waals surface area (Å²) in [4.78, 5) is 17.1. The first-order chi connectivity index (χ1) is 8.97. The summed E-state index contributed by atoms with van der Waals surface area (Å²) >= 11 is 6.11. The molecule has 0 saturated carbocycles. The highest BCUT2D eigenvalue weighted by atomic mass is 35.5. The molecule has 2 rings (SSSR count). The maximum Gasteiger partial charge on any atom is 0.281 e. The minimum atomic E-state index is -0.343. The van der Waals surface area contributed by atoms with Crippen molar-refractivity contribution < 1.29 is 0 Å². The Morgan fingerprint density at radius 3 is 2.79 bits per heavy atom. The maximum absolute atomic E-state index is 12.6. The van der Waals surface area contributed by atoms with Gasteiger partial charge in [0.2, 0.25) is 0 Å². The van der Waals surface area contributed by atoms with E-state index in [2.05, 4.69) is 4.98 Å². The van der Waals surface area contributed by atoms with Crippen molar-refractivity contribution in [1.29, 1.82) is 0 Å². The third-order valence-electron chi connectivity index (χ3n) is 3.06. The second-order valence-electron chi connectivity index (χ2n) is 4.48. The Balaban J connectivity index is 2.91. The zero-order valence-corrected chi connectivity index (χ0v) is 12.0. The van der Waals surface area contributed by atoms with Crippen LogP contribution >= 0.6 is 11.6 Å². The Morgan fingerprint density at radius 1 is 1.53 bits per heavy atom. The fourth-order valence-corrected chi connectivity index (χ4v) is 2.21. The first-order valence-corrected chi connectivity index (χ1v) is 6.53. The van der Waals surface area contributed by atoms with Crippen LogP contribution in [-0.4, -0.2) is 23.3 Å². The van der Waals surface area contributed by atoms with Crippen LogP contribution in [0.2, 0.25) is 5.02 Å². The molecule has 0 bridgehead atoms. The van der Waals surface area contributed by atoms with Crippen molar-refractivity contribution in [2.75, 3.05) is 18.6 Å². The van der Waals surface area contributed by atoms with Crippen molar-refractivity contribution in [1.82, 2.24) is 9.66 Å². The summed E-state index contributed by atoms with van der Waals surface area (Å²) in [6.45, 7) is 4.42. The molecule has 0 aliphatic rings. The smallest absolute Gasteiger partial charge is 0.281 e. The van der Waals surface area contributed by atoms with Gasteiger partial charge in [0.05, 0.1) is 22.0 Å². The third kappa shape index (κ3) is 2.31. The Kier molecular flexibility index (Phi) is 3.78. The van der Waals surface area contributed by atoms with Gasteiger partial charge in [0, 0.05) is 13.6 Å². The standard InChI is InChI=1S/C13H17ClN4O/c1-4-17(3)18-12(8(2)15)16-10-7-5-6-9(14)11(10)13(18)19/h5-8H,4,15H2,1-3H3/t8-/m0/s1. The average molecular weight is 281 g/mol. The van der Waals surface area contributed by atoms with E-state index in [1.54, 1.807) is 30.1 Å². The van der Waals surface area contributed by atoms with Crippen molar-refractivity contribution in [2.24, 2.45) is 5.73 Å². The Labute approximate surface area is 116 Å². The Bertz CT molecular complexity index is 665. The number of fused-ring (bicyclic) bond motifs is 1. The van der Waals surface area contributed by atoms with Crippen molar-refractivity contribution in [3.8, 4) is 0 Å². The molecule has 1 aromatic carbocycles. The zero-order chi connectivity index (χ0) is 14.2. The highest BCUT2D eigenvalue weighted by Gasteiger charge is 2.17. The molecule has 0 aliphatic carbocycles. The number of halogens is 1. The molecule has 6 heteroatoms. The number of rotatable bonds is 3. The number of aromatic nitrogens is 2. The maximum atomic E-state index is 12.6. The highest BCUT2D eigenvalue weighted by molar-refractivity contribution is 6.35. The molecule has 0 unspecified atom stereocenters. The van der Waals surface area contributed by atoms with E-state index < -0.39 is 0 Å². The number of nitrogens with zero attached hydrogens (tertiary/aromatic N) is 3. The summed E-state index contributed by atoms with van der Waals surface area (Å²) in [5, 5.41) is 2.61. The van der Waals surface area contributed by atoms with E-state index in [-0.39, 0.29) is 11.6 Å². The van der Waals surface area contributed by atoms with Gasteiger partial charge in [-0.2, -0.15) is 0 Å². The summed E-state index contributed by atoms with van der Waals surface area (Å²) in [6.07, 6.45) is 0. The van der Waals surface area contributed by atoms with Crippen LogP contribution in [0, 0.1) is 0 Å². The van der Waals surface area contributed by atoms with Crippen LogP contribution in [0.1, 0.15) is 25.7 Å². The second-order valence-corrected chi connectivity index (χ2v) is 4.89. The van der Waals surface area contributed by atoms with Gasteiger partial charge >= 0.3 is 0 Å². The highest BCUT2D eigenvalue weighted by Crippen LogP contribution is 2.20. The molecule has 1 atom stereocenters. The summed E-state index contributed by atoms with van der Waals surface area (Å²) in [6, 6.07) is 4.89. The average Bonchev–Trinajstić information content (AvgIpc) is 2.37. The van der Waals surface area contributed by atoms with E-state index in [0.717, 1.165) is 0 Å². The van der Waals surface area contributed by atoms with Gasteiger partial charge in [0.1, 0.15) is 5.82 Å². The first-order valence-electron chi connectivity index (χ1n) is 6.15. The molecule has 0 radical (unpaired) electrons. The van der Waals surface area contributed by atoms with E-state index in [4.69, 9.17) is 17.3 Å². The number of nitrogens with two attached hydrogens (primary N) is 1. The lowest BCUT2D eigenvalue weighted by molar-refractivity contribution is 0.567. The van der Waals surface area contributed by atoms with E-state index >= 15 is 0 Å². The van der Waals surface area contributed by atoms with E-state index in [0.29, 0.717) is 28.3 Å². The minimum Gasteiger partial charge on any atom is -0.322 e. The molecule has 0 aliphatic heterocycles. The molecule has 0 amide bonds.